The van der Waals surface area contributed by atoms with Gasteiger partial charge >= 0.3 is 6.09 Å². The summed E-state index contributed by atoms with van der Waals surface area (Å²) in [7, 11) is -1.94. The van der Waals surface area contributed by atoms with Gasteiger partial charge in [-0.05, 0) is 24.8 Å². The molecule has 0 unspecified atom stereocenters. The molecule has 21 heavy (non-hydrogen) atoms. The van der Waals surface area contributed by atoms with Crippen molar-refractivity contribution in [1.29, 1.82) is 0 Å². The minimum Gasteiger partial charge on any atom is -0.481 e. The lowest BCUT2D eigenvalue weighted by Gasteiger charge is -2.29. The third-order valence-corrected chi connectivity index (χ3v) is 5.49. The Kier molecular flexibility index (Phi) is 4.66. The van der Waals surface area contributed by atoms with Crippen molar-refractivity contribution in [2.75, 3.05) is 26.0 Å². The predicted molar refractivity (Wildman–Crippen MR) is 75.2 cm³/mol. The summed E-state index contributed by atoms with van der Waals surface area (Å²) < 4.78 is 29.5. The number of carbonyl (C=O) groups is 1. The van der Waals surface area contributed by atoms with Gasteiger partial charge in [-0.3, -0.25) is 0 Å². The molecule has 0 radical (unpaired) electrons. The number of rotatable bonds is 4. The van der Waals surface area contributed by atoms with E-state index in [4.69, 9.17) is 9.84 Å². The Labute approximate surface area is 123 Å². The van der Waals surface area contributed by atoms with Crippen molar-refractivity contribution in [2.45, 2.75) is 17.7 Å². The largest absolute Gasteiger partial charge is 0.481 e. The van der Waals surface area contributed by atoms with Crippen molar-refractivity contribution >= 4 is 15.9 Å². The first kappa shape index (κ1) is 15.6. The second kappa shape index (κ2) is 6.30. The average molecular weight is 314 g/mol. The Morgan fingerprint density at radius 2 is 2.10 bits per heavy atom. The third kappa shape index (κ3) is 3.84. The zero-order valence-electron chi connectivity index (χ0n) is 11.7. The van der Waals surface area contributed by atoms with Gasteiger partial charge in [0.2, 0.25) is 5.88 Å². The van der Waals surface area contributed by atoms with Crippen LogP contribution in [-0.4, -0.2) is 55.5 Å². The number of nitrogens with zero attached hydrogens (tertiary/aromatic N) is 2. The number of hydrogen-bond acceptors (Lipinski definition) is 5. The monoisotopic (exact) mass is 314 g/mol. The second-order valence-electron chi connectivity index (χ2n) is 5.03. The van der Waals surface area contributed by atoms with Crippen LogP contribution in [0.2, 0.25) is 0 Å². The molecule has 2 rings (SSSR count). The summed E-state index contributed by atoms with van der Waals surface area (Å²) in [5.74, 6) is 0.366. The van der Waals surface area contributed by atoms with Gasteiger partial charge in [0.25, 0.3) is 0 Å². The van der Waals surface area contributed by atoms with Crippen LogP contribution < -0.4 is 4.74 Å². The summed E-state index contributed by atoms with van der Waals surface area (Å²) in [6.07, 6.45) is 1.47. The molecule has 0 aliphatic carbocycles. The molecular weight excluding hydrogens is 296 g/mol. The van der Waals surface area contributed by atoms with Crippen LogP contribution >= 0.6 is 0 Å². The molecule has 1 saturated heterocycles. The van der Waals surface area contributed by atoms with Gasteiger partial charge in [0.05, 0.1) is 17.8 Å². The lowest BCUT2D eigenvalue weighted by Crippen LogP contribution is -2.39. The molecule has 1 aliphatic rings. The number of sulfone groups is 1. The summed E-state index contributed by atoms with van der Waals surface area (Å²) in [5.41, 5.74) is 0. The number of carboxylic acid groups (broad SMARTS) is 1. The highest BCUT2D eigenvalue weighted by atomic mass is 32.2. The van der Waals surface area contributed by atoms with E-state index in [1.54, 1.807) is 0 Å². The second-order valence-corrected chi connectivity index (χ2v) is 7.06. The van der Waals surface area contributed by atoms with E-state index in [9.17, 15) is 13.2 Å². The lowest BCUT2D eigenvalue weighted by molar-refractivity contribution is 0.127. The smallest absolute Gasteiger partial charge is 0.407 e. The highest BCUT2D eigenvalue weighted by Crippen LogP contribution is 2.23. The van der Waals surface area contributed by atoms with E-state index in [1.807, 2.05) is 0 Å². The van der Waals surface area contributed by atoms with E-state index in [2.05, 4.69) is 4.98 Å². The number of methoxy groups -OCH3 is 1. The molecule has 1 amide bonds. The van der Waals surface area contributed by atoms with Gasteiger partial charge in [0.1, 0.15) is 0 Å². The van der Waals surface area contributed by atoms with Crippen molar-refractivity contribution in [3.63, 3.8) is 0 Å². The van der Waals surface area contributed by atoms with E-state index in [0.29, 0.717) is 31.8 Å². The highest BCUT2D eigenvalue weighted by Gasteiger charge is 2.27. The number of ether oxygens (including phenoxy) is 1. The lowest BCUT2D eigenvalue weighted by atomic mass is 9.99. The van der Waals surface area contributed by atoms with Crippen LogP contribution in [0.15, 0.2) is 23.2 Å². The predicted octanol–water partition coefficient (Wildman–Crippen LogP) is 1.25. The summed E-state index contributed by atoms with van der Waals surface area (Å²) in [4.78, 5) is 16.2. The molecule has 0 spiro atoms. The summed E-state index contributed by atoms with van der Waals surface area (Å²) >= 11 is 0. The number of hydrogen-bond donors (Lipinski definition) is 1. The van der Waals surface area contributed by atoms with E-state index < -0.39 is 15.9 Å². The van der Waals surface area contributed by atoms with Crippen LogP contribution in [0.5, 0.6) is 5.88 Å². The van der Waals surface area contributed by atoms with Crippen LogP contribution in [0.4, 0.5) is 4.79 Å². The molecule has 8 heteroatoms. The van der Waals surface area contributed by atoms with Crippen molar-refractivity contribution in [2.24, 2.45) is 5.92 Å². The number of pyridine rings is 1. The first-order valence-corrected chi connectivity index (χ1v) is 8.28. The highest BCUT2D eigenvalue weighted by molar-refractivity contribution is 7.91. The van der Waals surface area contributed by atoms with Crippen LogP contribution in [0.1, 0.15) is 12.8 Å². The van der Waals surface area contributed by atoms with Gasteiger partial charge in [-0.15, -0.1) is 0 Å². The normalized spacial score (nSPS) is 16.7. The molecule has 0 bridgehead atoms. The first-order valence-electron chi connectivity index (χ1n) is 6.63. The van der Waals surface area contributed by atoms with Gasteiger partial charge in [0, 0.05) is 25.4 Å². The Morgan fingerprint density at radius 3 is 2.57 bits per heavy atom. The molecule has 0 saturated carbocycles. The van der Waals surface area contributed by atoms with Gasteiger partial charge in [0.15, 0.2) is 9.84 Å². The van der Waals surface area contributed by atoms with Crippen molar-refractivity contribution in [3.8, 4) is 5.88 Å². The Morgan fingerprint density at radius 1 is 1.43 bits per heavy atom. The molecule has 1 aromatic rings. The van der Waals surface area contributed by atoms with Gasteiger partial charge in [-0.25, -0.2) is 18.2 Å². The number of amides is 1. The average Bonchev–Trinajstić information content (AvgIpc) is 2.47. The van der Waals surface area contributed by atoms with Crippen LogP contribution in [0, 0.1) is 5.92 Å². The maximum Gasteiger partial charge on any atom is 0.407 e. The minimum absolute atomic E-state index is 0.0206. The van der Waals surface area contributed by atoms with E-state index in [0.717, 1.165) is 0 Å². The van der Waals surface area contributed by atoms with E-state index in [1.165, 1.54) is 30.3 Å². The summed E-state index contributed by atoms with van der Waals surface area (Å²) in [6, 6.07) is 2.99. The third-order valence-electron chi connectivity index (χ3n) is 3.62. The first-order chi connectivity index (χ1) is 9.92. The van der Waals surface area contributed by atoms with Gasteiger partial charge in [-0.1, -0.05) is 0 Å². The molecule has 116 valence electrons. The van der Waals surface area contributed by atoms with Crippen molar-refractivity contribution in [3.05, 3.63) is 18.3 Å². The Balaban J connectivity index is 1.99. The van der Waals surface area contributed by atoms with Crippen LogP contribution in [0.25, 0.3) is 0 Å². The fourth-order valence-corrected chi connectivity index (χ4v) is 4.00. The molecule has 1 aliphatic heterocycles. The SMILES string of the molecule is COc1ccc(S(=O)(=O)CC2CCN(C(=O)O)CC2)cn1. The standard InChI is InChI=1S/C13H18N2O5S/c1-20-12-3-2-11(8-14-12)21(18,19)9-10-4-6-15(7-5-10)13(16)17/h2-3,8,10H,4-7,9H2,1H3,(H,16,17). The van der Waals surface area contributed by atoms with Crippen molar-refractivity contribution < 1.29 is 23.1 Å². The maximum atomic E-state index is 12.3. The van der Waals surface area contributed by atoms with Crippen LogP contribution in [-0.2, 0) is 9.84 Å². The Bertz CT molecular complexity index is 591. The van der Waals surface area contributed by atoms with Crippen LogP contribution in [0.3, 0.4) is 0 Å². The van der Waals surface area contributed by atoms with Gasteiger partial charge < -0.3 is 14.7 Å². The zero-order valence-corrected chi connectivity index (χ0v) is 12.5. The number of likely N-dealkylation sites (tertiary alicyclic amines) is 1. The van der Waals surface area contributed by atoms with E-state index >= 15 is 0 Å². The molecular formula is C13H18N2O5S. The fourth-order valence-electron chi connectivity index (χ4n) is 2.37. The maximum absolute atomic E-state index is 12.3. The molecule has 7 nitrogen and oxygen atoms in total. The molecule has 2 heterocycles. The zero-order chi connectivity index (χ0) is 15.5. The quantitative estimate of drug-likeness (QED) is 0.898. The summed E-state index contributed by atoms with van der Waals surface area (Å²) in [6.45, 7) is 0.771. The fraction of sp³-hybridized carbons (Fsp3) is 0.538. The number of aromatic nitrogens is 1. The van der Waals surface area contributed by atoms with E-state index in [-0.39, 0.29) is 16.6 Å². The molecule has 0 atom stereocenters. The molecule has 1 fully saturated rings. The molecule has 1 aromatic heterocycles. The molecule has 1 N–H and O–H groups in total. The van der Waals surface area contributed by atoms with Crippen molar-refractivity contribution in [1.82, 2.24) is 9.88 Å². The molecule has 0 aromatic carbocycles. The Hall–Kier alpha value is -1.83. The van der Waals surface area contributed by atoms with Gasteiger partial charge in [-0.2, -0.15) is 0 Å². The minimum atomic E-state index is -3.41. The number of piperidine rings is 1. The summed E-state index contributed by atoms with van der Waals surface area (Å²) in [5, 5.41) is 8.87. The topological polar surface area (TPSA) is 96.8 Å².